The smallest absolute Gasteiger partial charge is 0.260 e. The van der Waals surface area contributed by atoms with Gasteiger partial charge >= 0.3 is 0 Å². The van der Waals surface area contributed by atoms with Crippen LogP contribution in [0.3, 0.4) is 0 Å². The van der Waals surface area contributed by atoms with Crippen LogP contribution in [0.1, 0.15) is 6.42 Å². The molecule has 0 unspecified atom stereocenters. The molecule has 2 heterocycles. The van der Waals surface area contributed by atoms with Crippen molar-refractivity contribution in [3.8, 4) is 17.2 Å². The number of carbonyl (C=O) groups is 1. The summed E-state index contributed by atoms with van der Waals surface area (Å²) in [6, 6.07) is 5.21. The molecule has 7 nitrogen and oxygen atoms in total. The summed E-state index contributed by atoms with van der Waals surface area (Å²) in [7, 11) is 3.82. The van der Waals surface area contributed by atoms with E-state index in [2.05, 4.69) is 0 Å². The zero-order chi connectivity index (χ0) is 16.4. The maximum Gasteiger partial charge on any atom is 0.260 e. The van der Waals surface area contributed by atoms with Gasteiger partial charge in [-0.05, 0) is 32.6 Å². The Balaban J connectivity index is 1.52. The van der Waals surface area contributed by atoms with E-state index >= 15 is 0 Å². The molecule has 23 heavy (non-hydrogen) atoms. The third-order valence-corrected chi connectivity index (χ3v) is 4.00. The molecule has 0 radical (unpaired) electrons. The number of nitrogens with zero attached hydrogens (tertiary/aromatic N) is 2. The first kappa shape index (κ1) is 15.9. The fourth-order valence-corrected chi connectivity index (χ4v) is 2.99. The van der Waals surface area contributed by atoms with Crippen LogP contribution in [-0.2, 0) is 4.79 Å². The number of aliphatic hydroxyl groups is 1. The maximum absolute atomic E-state index is 12.2. The van der Waals surface area contributed by atoms with Crippen LogP contribution in [-0.4, -0.2) is 73.5 Å². The van der Waals surface area contributed by atoms with E-state index in [-0.39, 0.29) is 19.3 Å². The van der Waals surface area contributed by atoms with Crippen LogP contribution >= 0.6 is 0 Å². The predicted molar refractivity (Wildman–Crippen MR) is 82.8 cm³/mol. The van der Waals surface area contributed by atoms with Crippen molar-refractivity contribution in [1.29, 1.82) is 0 Å². The molecule has 2 aliphatic rings. The Morgan fingerprint density at radius 3 is 2.96 bits per heavy atom. The molecule has 1 N–H and O–H groups in total. The Bertz CT molecular complexity index is 592. The largest absolute Gasteiger partial charge is 0.484 e. The minimum Gasteiger partial charge on any atom is -0.484 e. The summed E-state index contributed by atoms with van der Waals surface area (Å²) in [6.07, 6.45) is 0.584. The zero-order valence-electron chi connectivity index (χ0n) is 13.4. The molecule has 3 rings (SSSR count). The van der Waals surface area contributed by atoms with Crippen molar-refractivity contribution < 1.29 is 24.1 Å². The first-order valence-corrected chi connectivity index (χ1v) is 7.63. The number of carbonyl (C=O) groups excluding carboxylic acids is 1. The van der Waals surface area contributed by atoms with E-state index in [0.717, 1.165) is 0 Å². The number of hydrogen-bond donors (Lipinski definition) is 1. The SMILES string of the molecule is CN(C)C[C@]1(O)CCN(C(=O)COc2ccc3c(c2)OCO3)C1. The summed E-state index contributed by atoms with van der Waals surface area (Å²) in [5.74, 6) is 1.73. The molecule has 1 fully saturated rings. The van der Waals surface area contributed by atoms with Crippen molar-refractivity contribution in [1.82, 2.24) is 9.80 Å². The monoisotopic (exact) mass is 322 g/mol. The van der Waals surface area contributed by atoms with E-state index < -0.39 is 5.60 Å². The normalized spacial score (nSPS) is 22.7. The molecule has 1 atom stereocenters. The Morgan fingerprint density at radius 2 is 2.17 bits per heavy atom. The minimum absolute atomic E-state index is 0.0578. The quantitative estimate of drug-likeness (QED) is 0.842. The van der Waals surface area contributed by atoms with Gasteiger partial charge in [0.15, 0.2) is 18.1 Å². The first-order chi connectivity index (χ1) is 11.0. The molecule has 1 aromatic carbocycles. The van der Waals surface area contributed by atoms with Crippen molar-refractivity contribution in [2.75, 3.05) is 47.1 Å². The second-order valence-corrected chi connectivity index (χ2v) is 6.33. The van der Waals surface area contributed by atoms with Gasteiger partial charge in [-0.2, -0.15) is 0 Å². The third kappa shape index (κ3) is 3.68. The van der Waals surface area contributed by atoms with Crippen molar-refractivity contribution in [2.24, 2.45) is 0 Å². The number of benzene rings is 1. The standard InChI is InChI=1S/C16H22N2O5/c1-17(2)9-16(20)5-6-18(10-16)15(19)8-21-12-3-4-13-14(7-12)23-11-22-13/h3-4,7,20H,5-6,8-11H2,1-2H3/t16-/m1/s1. The van der Waals surface area contributed by atoms with Gasteiger partial charge in [0.2, 0.25) is 6.79 Å². The first-order valence-electron chi connectivity index (χ1n) is 7.63. The molecule has 126 valence electrons. The summed E-state index contributed by atoms with van der Waals surface area (Å²) < 4.78 is 16.0. The number of likely N-dealkylation sites (N-methyl/N-ethyl adjacent to an activating group) is 1. The number of likely N-dealkylation sites (tertiary alicyclic amines) is 1. The van der Waals surface area contributed by atoms with Crippen LogP contribution in [0, 0.1) is 0 Å². The highest BCUT2D eigenvalue weighted by atomic mass is 16.7. The molecular weight excluding hydrogens is 300 g/mol. The van der Waals surface area contributed by atoms with E-state index in [4.69, 9.17) is 14.2 Å². The summed E-state index contributed by atoms with van der Waals surface area (Å²) in [5.41, 5.74) is -0.835. The molecule has 1 amide bonds. The number of rotatable bonds is 5. The van der Waals surface area contributed by atoms with Gasteiger partial charge in [-0.25, -0.2) is 0 Å². The number of amides is 1. The van der Waals surface area contributed by atoms with Crippen LogP contribution < -0.4 is 14.2 Å². The molecule has 0 bridgehead atoms. The Labute approximate surface area is 135 Å². The molecule has 0 spiro atoms. The van der Waals surface area contributed by atoms with Gasteiger partial charge in [-0.15, -0.1) is 0 Å². The van der Waals surface area contributed by atoms with Crippen molar-refractivity contribution >= 4 is 5.91 Å². The fraction of sp³-hybridized carbons (Fsp3) is 0.562. The van der Waals surface area contributed by atoms with Gasteiger partial charge in [-0.3, -0.25) is 4.79 Å². The highest BCUT2D eigenvalue weighted by molar-refractivity contribution is 5.78. The van der Waals surface area contributed by atoms with Crippen molar-refractivity contribution in [3.05, 3.63) is 18.2 Å². The minimum atomic E-state index is -0.835. The van der Waals surface area contributed by atoms with E-state index in [0.29, 0.717) is 43.3 Å². The van der Waals surface area contributed by atoms with Crippen LogP contribution in [0.5, 0.6) is 17.2 Å². The average molecular weight is 322 g/mol. The summed E-state index contributed by atoms with van der Waals surface area (Å²) in [4.78, 5) is 15.8. The topological polar surface area (TPSA) is 71.5 Å². The van der Waals surface area contributed by atoms with Gasteiger partial charge in [0.05, 0.1) is 12.1 Å². The van der Waals surface area contributed by atoms with E-state index in [1.807, 2.05) is 19.0 Å². The fourth-order valence-electron chi connectivity index (χ4n) is 2.99. The van der Waals surface area contributed by atoms with Crippen LogP contribution in [0.2, 0.25) is 0 Å². The molecule has 7 heteroatoms. The van der Waals surface area contributed by atoms with Crippen LogP contribution in [0.25, 0.3) is 0 Å². The Hall–Kier alpha value is -1.99. The van der Waals surface area contributed by atoms with Crippen LogP contribution in [0.4, 0.5) is 0 Å². The Morgan fingerprint density at radius 1 is 1.39 bits per heavy atom. The van der Waals surface area contributed by atoms with E-state index in [1.165, 1.54) is 0 Å². The Kier molecular flexibility index (Phi) is 4.32. The lowest BCUT2D eigenvalue weighted by molar-refractivity contribution is -0.133. The lowest BCUT2D eigenvalue weighted by Crippen LogP contribution is -2.44. The lowest BCUT2D eigenvalue weighted by Gasteiger charge is -2.26. The number of hydrogen-bond acceptors (Lipinski definition) is 6. The summed E-state index contributed by atoms with van der Waals surface area (Å²) in [6.45, 7) is 1.58. The van der Waals surface area contributed by atoms with Gasteiger partial charge in [-0.1, -0.05) is 0 Å². The number of fused-ring (bicyclic) bond motifs is 1. The second-order valence-electron chi connectivity index (χ2n) is 6.33. The third-order valence-electron chi connectivity index (χ3n) is 4.00. The van der Waals surface area contributed by atoms with Gasteiger partial charge in [0.25, 0.3) is 5.91 Å². The van der Waals surface area contributed by atoms with Gasteiger partial charge in [0.1, 0.15) is 5.75 Å². The molecule has 0 aromatic heterocycles. The van der Waals surface area contributed by atoms with Crippen molar-refractivity contribution in [2.45, 2.75) is 12.0 Å². The molecule has 2 aliphatic heterocycles. The predicted octanol–water partition coefficient (Wildman–Crippen LogP) is 0.319. The van der Waals surface area contributed by atoms with Crippen LogP contribution in [0.15, 0.2) is 18.2 Å². The molecular formula is C16H22N2O5. The number of ether oxygens (including phenoxy) is 3. The average Bonchev–Trinajstić information content (AvgIpc) is 3.10. The zero-order valence-corrected chi connectivity index (χ0v) is 13.4. The molecule has 1 saturated heterocycles. The van der Waals surface area contributed by atoms with Gasteiger partial charge < -0.3 is 29.1 Å². The highest BCUT2D eigenvalue weighted by Crippen LogP contribution is 2.35. The van der Waals surface area contributed by atoms with E-state index in [9.17, 15) is 9.90 Å². The molecule has 0 saturated carbocycles. The summed E-state index contributed by atoms with van der Waals surface area (Å²) in [5, 5.41) is 10.5. The van der Waals surface area contributed by atoms with E-state index in [1.54, 1.807) is 23.1 Å². The highest BCUT2D eigenvalue weighted by Gasteiger charge is 2.38. The van der Waals surface area contributed by atoms with Crippen molar-refractivity contribution in [3.63, 3.8) is 0 Å². The second kappa shape index (κ2) is 6.25. The molecule has 1 aromatic rings. The number of β-amino-alcohol motifs (C(OH)–C–C–N with tert-alkyl or cyclic N) is 1. The maximum atomic E-state index is 12.2. The van der Waals surface area contributed by atoms with Gasteiger partial charge in [0, 0.05) is 19.2 Å². The lowest BCUT2D eigenvalue weighted by atomic mass is 10.0. The summed E-state index contributed by atoms with van der Waals surface area (Å²) >= 11 is 0. The molecule has 0 aliphatic carbocycles.